The second-order valence-electron chi connectivity index (χ2n) is 4.60. The van der Waals surface area contributed by atoms with Crippen LogP contribution < -0.4 is 10.9 Å². The van der Waals surface area contributed by atoms with Crippen LogP contribution in [0.3, 0.4) is 0 Å². The number of hydrogen-bond donors (Lipinski definition) is 1. The van der Waals surface area contributed by atoms with Gasteiger partial charge in [0, 0.05) is 23.3 Å². The van der Waals surface area contributed by atoms with Gasteiger partial charge >= 0.3 is 0 Å². The summed E-state index contributed by atoms with van der Waals surface area (Å²) in [6, 6.07) is 8.66. The van der Waals surface area contributed by atoms with E-state index in [1.54, 1.807) is 12.1 Å². The molecule has 1 N–H and O–H groups in total. The number of benzene rings is 1. The Balaban J connectivity index is 1.92. The van der Waals surface area contributed by atoms with Gasteiger partial charge < -0.3 is 5.32 Å². The molecule has 0 atom stereocenters. The Bertz CT molecular complexity index is 680. The molecule has 0 radical (unpaired) electrons. The first-order valence-electron chi connectivity index (χ1n) is 6.65. The first kappa shape index (κ1) is 15.3. The molecular weight excluding hydrogens is 290 g/mol. The van der Waals surface area contributed by atoms with Crippen molar-refractivity contribution in [3.8, 4) is 0 Å². The molecule has 0 aliphatic heterocycles. The van der Waals surface area contributed by atoms with Crippen LogP contribution >= 0.6 is 11.6 Å². The normalized spacial score (nSPS) is 10.4. The van der Waals surface area contributed by atoms with E-state index in [1.165, 1.54) is 17.0 Å². The number of amides is 1. The Morgan fingerprint density at radius 1 is 1.33 bits per heavy atom. The van der Waals surface area contributed by atoms with Crippen molar-refractivity contribution in [2.45, 2.75) is 26.4 Å². The molecule has 1 aromatic heterocycles. The maximum atomic E-state index is 11.8. The predicted molar refractivity (Wildman–Crippen MR) is 81.2 cm³/mol. The molecule has 1 amide bonds. The highest BCUT2D eigenvalue weighted by Gasteiger charge is 2.05. The number of carbonyl (C=O) groups excluding carboxylic acids is 1. The molecule has 0 saturated heterocycles. The van der Waals surface area contributed by atoms with Crippen LogP contribution in [0.25, 0.3) is 0 Å². The Morgan fingerprint density at radius 2 is 2.05 bits per heavy atom. The van der Waals surface area contributed by atoms with Gasteiger partial charge in [0.25, 0.3) is 5.56 Å². The minimum absolute atomic E-state index is 0.0383. The van der Waals surface area contributed by atoms with Gasteiger partial charge in [-0.3, -0.25) is 14.2 Å². The molecule has 0 aliphatic carbocycles. The summed E-state index contributed by atoms with van der Waals surface area (Å²) in [5, 5.41) is 3.40. The van der Waals surface area contributed by atoms with Gasteiger partial charge in [0.05, 0.1) is 6.33 Å². The second kappa shape index (κ2) is 7.04. The van der Waals surface area contributed by atoms with Crippen LogP contribution in [0.1, 0.15) is 18.2 Å². The molecule has 0 saturated carbocycles. The third-order valence-electron chi connectivity index (χ3n) is 3.02. The molecule has 2 rings (SSSR count). The van der Waals surface area contributed by atoms with Gasteiger partial charge in [0.2, 0.25) is 5.91 Å². The molecule has 21 heavy (non-hydrogen) atoms. The Labute approximate surface area is 127 Å². The highest BCUT2D eigenvalue weighted by molar-refractivity contribution is 6.30. The van der Waals surface area contributed by atoms with Gasteiger partial charge in [-0.05, 0) is 24.1 Å². The number of hydrogen-bond acceptors (Lipinski definition) is 3. The molecule has 0 aliphatic rings. The van der Waals surface area contributed by atoms with E-state index in [4.69, 9.17) is 11.6 Å². The van der Waals surface area contributed by atoms with Gasteiger partial charge in [-0.2, -0.15) is 0 Å². The van der Waals surface area contributed by atoms with Crippen LogP contribution in [-0.2, 0) is 24.3 Å². The van der Waals surface area contributed by atoms with E-state index >= 15 is 0 Å². The summed E-state index contributed by atoms with van der Waals surface area (Å²) >= 11 is 5.79. The van der Waals surface area contributed by atoms with Crippen molar-refractivity contribution < 1.29 is 4.79 Å². The predicted octanol–water partition coefficient (Wildman–Crippen LogP) is 1.78. The average Bonchev–Trinajstić information content (AvgIpc) is 2.48. The molecule has 6 heteroatoms. The fourth-order valence-corrected chi connectivity index (χ4v) is 1.92. The van der Waals surface area contributed by atoms with Gasteiger partial charge in [-0.1, -0.05) is 30.7 Å². The van der Waals surface area contributed by atoms with Crippen molar-refractivity contribution >= 4 is 17.5 Å². The molecule has 0 bridgehead atoms. The van der Waals surface area contributed by atoms with E-state index in [2.05, 4.69) is 10.3 Å². The van der Waals surface area contributed by atoms with Crippen LogP contribution in [-0.4, -0.2) is 15.5 Å². The fourth-order valence-electron chi connectivity index (χ4n) is 1.79. The minimum atomic E-state index is -0.238. The third kappa shape index (κ3) is 4.43. The van der Waals surface area contributed by atoms with E-state index in [1.807, 2.05) is 19.1 Å². The molecule has 0 unspecified atom stereocenters. The second-order valence-corrected chi connectivity index (χ2v) is 5.04. The lowest BCUT2D eigenvalue weighted by molar-refractivity contribution is -0.121. The quantitative estimate of drug-likeness (QED) is 0.916. The number of carbonyl (C=O) groups is 1. The SMILES string of the molecule is CCc1cc(=O)n(CC(=O)NCc2ccc(Cl)cc2)cn1. The zero-order valence-corrected chi connectivity index (χ0v) is 12.4. The molecule has 110 valence electrons. The van der Waals surface area contributed by atoms with Crippen molar-refractivity contribution in [3.63, 3.8) is 0 Å². The lowest BCUT2D eigenvalue weighted by atomic mass is 10.2. The summed E-state index contributed by atoms with van der Waals surface area (Å²) in [6.45, 7) is 2.28. The van der Waals surface area contributed by atoms with Crippen molar-refractivity contribution in [1.82, 2.24) is 14.9 Å². The van der Waals surface area contributed by atoms with E-state index in [-0.39, 0.29) is 18.0 Å². The van der Waals surface area contributed by atoms with Crippen molar-refractivity contribution in [1.29, 1.82) is 0 Å². The van der Waals surface area contributed by atoms with Crippen LogP contribution in [0.15, 0.2) is 41.5 Å². The first-order valence-corrected chi connectivity index (χ1v) is 7.03. The number of nitrogens with zero attached hydrogens (tertiary/aromatic N) is 2. The van der Waals surface area contributed by atoms with Gasteiger partial charge in [-0.15, -0.1) is 0 Å². The molecular formula is C15H16ClN3O2. The Kier molecular flexibility index (Phi) is 5.11. The van der Waals surface area contributed by atoms with E-state index in [9.17, 15) is 9.59 Å². The monoisotopic (exact) mass is 305 g/mol. The molecule has 0 fully saturated rings. The first-order chi connectivity index (χ1) is 10.1. The fraction of sp³-hybridized carbons (Fsp3) is 0.267. The van der Waals surface area contributed by atoms with Gasteiger partial charge in [-0.25, -0.2) is 4.98 Å². The number of nitrogens with one attached hydrogen (secondary N) is 1. The number of aromatic nitrogens is 2. The van der Waals surface area contributed by atoms with E-state index in [0.717, 1.165) is 11.3 Å². The van der Waals surface area contributed by atoms with Gasteiger partial charge in [0.15, 0.2) is 0 Å². The topological polar surface area (TPSA) is 64.0 Å². The summed E-state index contributed by atoms with van der Waals surface area (Å²) in [6.07, 6.45) is 2.10. The Hall–Kier alpha value is -2.14. The molecule has 5 nitrogen and oxygen atoms in total. The van der Waals surface area contributed by atoms with Crippen molar-refractivity contribution in [3.05, 3.63) is 63.3 Å². The molecule has 1 heterocycles. The maximum Gasteiger partial charge on any atom is 0.253 e. The minimum Gasteiger partial charge on any atom is -0.350 e. The molecule has 1 aromatic carbocycles. The smallest absolute Gasteiger partial charge is 0.253 e. The number of halogens is 1. The largest absolute Gasteiger partial charge is 0.350 e. The zero-order chi connectivity index (χ0) is 15.2. The summed E-state index contributed by atoms with van der Waals surface area (Å²) in [5.41, 5.74) is 1.45. The number of aryl methyl sites for hydroxylation is 1. The van der Waals surface area contributed by atoms with Crippen LogP contribution in [0.5, 0.6) is 0 Å². The summed E-state index contributed by atoms with van der Waals surface area (Å²) in [7, 11) is 0. The Morgan fingerprint density at radius 3 is 2.67 bits per heavy atom. The highest BCUT2D eigenvalue weighted by Crippen LogP contribution is 2.09. The average molecular weight is 306 g/mol. The lowest BCUT2D eigenvalue weighted by Gasteiger charge is -2.07. The third-order valence-corrected chi connectivity index (χ3v) is 3.27. The number of rotatable bonds is 5. The van der Waals surface area contributed by atoms with Crippen LogP contribution in [0, 0.1) is 0 Å². The molecule has 2 aromatic rings. The summed E-state index contributed by atoms with van der Waals surface area (Å²) in [4.78, 5) is 27.7. The van der Waals surface area contributed by atoms with Crippen molar-refractivity contribution in [2.24, 2.45) is 0 Å². The van der Waals surface area contributed by atoms with Crippen molar-refractivity contribution in [2.75, 3.05) is 0 Å². The van der Waals surface area contributed by atoms with Crippen LogP contribution in [0.2, 0.25) is 5.02 Å². The van der Waals surface area contributed by atoms with Gasteiger partial charge in [0.1, 0.15) is 6.54 Å². The van der Waals surface area contributed by atoms with E-state index in [0.29, 0.717) is 18.0 Å². The maximum absolute atomic E-state index is 11.8. The summed E-state index contributed by atoms with van der Waals surface area (Å²) < 4.78 is 1.29. The lowest BCUT2D eigenvalue weighted by Crippen LogP contribution is -2.32. The molecule has 0 spiro atoms. The van der Waals surface area contributed by atoms with E-state index < -0.39 is 0 Å². The summed E-state index contributed by atoms with van der Waals surface area (Å²) in [5.74, 6) is -0.238. The van der Waals surface area contributed by atoms with Crippen LogP contribution in [0.4, 0.5) is 0 Å². The zero-order valence-electron chi connectivity index (χ0n) is 11.7. The standard InChI is InChI=1S/C15H16ClN3O2/c1-2-13-7-15(21)19(10-18-13)9-14(20)17-8-11-3-5-12(16)6-4-11/h3-7,10H,2,8-9H2,1H3,(H,17,20). The highest BCUT2D eigenvalue weighted by atomic mass is 35.5.